The lowest BCUT2D eigenvalue weighted by Gasteiger charge is -2.43. The van der Waals surface area contributed by atoms with Crippen molar-refractivity contribution in [3.63, 3.8) is 0 Å². The van der Waals surface area contributed by atoms with Crippen molar-refractivity contribution >= 4 is 11.8 Å². The molecule has 24 heavy (non-hydrogen) atoms. The van der Waals surface area contributed by atoms with Crippen molar-refractivity contribution in [1.29, 1.82) is 0 Å². The highest BCUT2D eigenvalue weighted by atomic mass is 16.5. The monoisotopic (exact) mass is 335 g/mol. The number of amides is 2. The highest BCUT2D eigenvalue weighted by Crippen LogP contribution is 2.29. The standard InChI is InChI=1S/C17H25N3O4/c1-19-13-6-4-10-20(14(13)5-3-7-16(19)21)17(22)9-8-12-11-15(23-2)18-24-12/h11,13-14H,3-10H2,1-2H3/t13-,14-/m1/s1. The molecule has 2 aliphatic heterocycles. The molecular formula is C17H25N3O4. The van der Waals surface area contributed by atoms with Crippen LogP contribution < -0.4 is 4.74 Å². The average molecular weight is 335 g/mol. The third-order valence-electron chi connectivity index (χ3n) is 5.18. The second-order valence-electron chi connectivity index (χ2n) is 6.60. The average Bonchev–Trinajstić information content (AvgIpc) is 3.01. The number of nitrogens with zero attached hydrogens (tertiary/aromatic N) is 3. The number of carbonyl (C=O) groups is 2. The first kappa shape index (κ1) is 16.8. The number of rotatable bonds is 4. The van der Waals surface area contributed by atoms with Crippen molar-refractivity contribution in [3.05, 3.63) is 11.8 Å². The maximum Gasteiger partial charge on any atom is 0.254 e. The zero-order chi connectivity index (χ0) is 17.1. The molecule has 7 nitrogen and oxygen atoms in total. The summed E-state index contributed by atoms with van der Waals surface area (Å²) in [4.78, 5) is 28.7. The number of likely N-dealkylation sites (tertiary alicyclic amines) is 2. The van der Waals surface area contributed by atoms with Crippen LogP contribution in [0.15, 0.2) is 10.6 Å². The third-order valence-corrected chi connectivity index (χ3v) is 5.18. The van der Waals surface area contributed by atoms with Gasteiger partial charge in [-0.3, -0.25) is 9.59 Å². The zero-order valence-electron chi connectivity index (χ0n) is 14.4. The molecule has 0 aromatic carbocycles. The largest absolute Gasteiger partial charge is 0.479 e. The maximum atomic E-state index is 12.7. The van der Waals surface area contributed by atoms with Gasteiger partial charge in [0, 0.05) is 38.9 Å². The molecule has 0 bridgehead atoms. The Labute approximate surface area is 141 Å². The minimum atomic E-state index is 0.128. The molecule has 2 aliphatic rings. The van der Waals surface area contributed by atoms with Crippen LogP contribution in [0.25, 0.3) is 0 Å². The van der Waals surface area contributed by atoms with Crippen molar-refractivity contribution in [1.82, 2.24) is 15.0 Å². The van der Waals surface area contributed by atoms with Crippen LogP contribution >= 0.6 is 0 Å². The molecule has 3 heterocycles. The summed E-state index contributed by atoms with van der Waals surface area (Å²) in [6, 6.07) is 2.01. The minimum Gasteiger partial charge on any atom is -0.479 e. The summed E-state index contributed by atoms with van der Waals surface area (Å²) in [6.45, 7) is 0.780. The van der Waals surface area contributed by atoms with E-state index in [2.05, 4.69) is 5.16 Å². The Morgan fingerprint density at radius 3 is 2.92 bits per heavy atom. The predicted octanol–water partition coefficient (Wildman–Crippen LogP) is 1.62. The molecule has 1 aromatic heterocycles. The lowest BCUT2D eigenvalue weighted by molar-refractivity contribution is -0.141. The summed E-state index contributed by atoms with van der Waals surface area (Å²) >= 11 is 0. The number of aryl methyl sites for hydroxylation is 1. The van der Waals surface area contributed by atoms with E-state index < -0.39 is 0 Å². The van der Waals surface area contributed by atoms with Crippen LogP contribution in [0.4, 0.5) is 0 Å². The van der Waals surface area contributed by atoms with E-state index in [-0.39, 0.29) is 23.9 Å². The lowest BCUT2D eigenvalue weighted by atomic mass is 9.92. The second kappa shape index (κ2) is 7.23. The van der Waals surface area contributed by atoms with Crippen LogP contribution in [-0.2, 0) is 16.0 Å². The molecule has 1 aromatic rings. The summed E-state index contributed by atoms with van der Waals surface area (Å²) in [6.07, 6.45) is 5.17. The quantitative estimate of drug-likeness (QED) is 0.836. The van der Waals surface area contributed by atoms with Crippen LogP contribution in [0, 0.1) is 0 Å². The summed E-state index contributed by atoms with van der Waals surface area (Å²) in [5, 5.41) is 3.76. The van der Waals surface area contributed by atoms with Gasteiger partial charge in [0.15, 0.2) is 0 Å². The van der Waals surface area contributed by atoms with Crippen molar-refractivity contribution in [2.24, 2.45) is 0 Å². The Bertz CT molecular complexity index is 600. The highest BCUT2D eigenvalue weighted by Gasteiger charge is 2.39. The molecule has 0 aliphatic carbocycles. The van der Waals surface area contributed by atoms with Gasteiger partial charge in [-0.2, -0.15) is 0 Å². The van der Waals surface area contributed by atoms with Gasteiger partial charge < -0.3 is 19.1 Å². The van der Waals surface area contributed by atoms with Gasteiger partial charge in [0.25, 0.3) is 5.88 Å². The molecule has 132 valence electrons. The summed E-state index contributed by atoms with van der Waals surface area (Å²) < 4.78 is 10.1. The van der Waals surface area contributed by atoms with Gasteiger partial charge in [-0.15, -0.1) is 0 Å². The second-order valence-corrected chi connectivity index (χ2v) is 6.60. The van der Waals surface area contributed by atoms with Crippen LogP contribution in [0.1, 0.15) is 44.3 Å². The smallest absolute Gasteiger partial charge is 0.254 e. The lowest BCUT2D eigenvalue weighted by Crippen LogP contribution is -2.56. The van der Waals surface area contributed by atoms with Crippen LogP contribution in [0.2, 0.25) is 0 Å². The van der Waals surface area contributed by atoms with Gasteiger partial charge in [0.2, 0.25) is 11.8 Å². The van der Waals surface area contributed by atoms with Crippen LogP contribution in [0.3, 0.4) is 0 Å². The molecule has 0 N–H and O–H groups in total. The molecule has 7 heteroatoms. The van der Waals surface area contributed by atoms with E-state index in [1.54, 1.807) is 6.07 Å². The fraction of sp³-hybridized carbons (Fsp3) is 0.706. The third kappa shape index (κ3) is 3.39. The summed E-state index contributed by atoms with van der Waals surface area (Å²) in [5.41, 5.74) is 0. The molecule has 0 spiro atoms. The van der Waals surface area contributed by atoms with Gasteiger partial charge >= 0.3 is 0 Å². The van der Waals surface area contributed by atoms with E-state index in [9.17, 15) is 9.59 Å². The predicted molar refractivity (Wildman–Crippen MR) is 86.5 cm³/mol. The molecule has 0 radical (unpaired) electrons. The van der Waals surface area contributed by atoms with Crippen LogP contribution in [-0.4, -0.2) is 59.6 Å². The number of hydrogen-bond acceptors (Lipinski definition) is 5. The zero-order valence-corrected chi connectivity index (χ0v) is 14.4. The van der Waals surface area contributed by atoms with Gasteiger partial charge in [-0.05, 0) is 30.8 Å². The first-order chi connectivity index (χ1) is 11.6. The molecule has 2 fully saturated rings. The normalized spacial score (nSPS) is 24.5. The van der Waals surface area contributed by atoms with E-state index in [1.165, 1.54) is 7.11 Å². The Balaban J connectivity index is 1.63. The summed E-state index contributed by atoms with van der Waals surface area (Å²) in [7, 11) is 3.41. The van der Waals surface area contributed by atoms with Crippen molar-refractivity contribution in [3.8, 4) is 5.88 Å². The summed E-state index contributed by atoms with van der Waals surface area (Å²) in [5.74, 6) is 1.41. The Morgan fingerprint density at radius 2 is 2.17 bits per heavy atom. The topological polar surface area (TPSA) is 75.9 Å². The van der Waals surface area contributed by atoms with Crippen LogP contribution in [0.5, 0.6) is 5.88 Å². The first-order valence-electron chi connectivity index (χ1n) is 8.65. The number of ether oxygens (including phenoxy) is 1. The highest BCUT2D eigenvalue weighted by molar-refractivity contribution is 5.79. The molecule has 3 rings (SSSR count). The minimum absolute atomic E-state index is 0.128. The number of piperidine rings is 1. The SMILES string of the molecule is COc1cc(CCC(=O)N2CCC[C@@H]3[C@H]2CCCC(=O)N3C)on1. The Kier molecular flexibility index (Phi) is 5.06. The molecule has 2 amide bonds. The first-order valence-corrected chi connectivity index (χ1v) is 8.65. The fourth-order valence-electron chi connectivity index (χ4n) is 3.85. The van der Waals surface area contributed by atoms with Gasteiger partial charge in [0.1, 0.15) is 5.76 Å². The molecule has 2 saturated heterocycles. The van der Waals surface area contributed by atoms with Crippen molar-refractivity contribution in [2.45, 2.75) is 57.0 Å². The van der Waals surface area contributed by atoms with E-state index in [1.807, 2.05) is 16.8 Å². The van der Waals surface area contributed by atoms with Crippen molar-refractivity contribution < 1.29 is 18.8 Å². The number of fused-ring (bicyclic) bond motifs is 1. The Morgan fingerprint density at radius 1 is 1.38 bits per heavy atom. The van der Waals surface area contributed by atoms with Gasteiger partial charge in [0.05, 0.1) is 19.2 Å². The van der Waals surface area contributed by atoms with Gasteiger partial charge in [-0.25, -0.2) is 0 Å². The number of carbonyl (C=O) groups excluding carboxylic acids is 2. The number of methoxy groups -OCH3 is 1. The maximum absolute atomic E-state index is 12.7. The Hall–Kier alpha value is -2.05. The number of likely N-dealkylation sites (N-methyl/N-ethyl adjacent to an activating group) is 1. The van der Waals surface area contributed by atoms with E-state index >= 15 is 0 Å². The molecule has 0 unspecified atom stereocenters. The number of hydrogen-bond donors (Lipinski definition) is 0. The molecule has 2 atom stereocenters. The molecule has 0 saturated carbocycles. The van der Waals surface area contributed by atoms with Crippen molar-refractivity contribution in [2.75, 3.05) is 20.7 Å². The molecular weight excluding hydrogens is 310 g/mol. The van der Waals surface area contributed by atoms with E-state index in [0.717, 1.165) is 32.2 Å². The number of aromatic nitrogens is 1. The van der Waals surface area contributed by atoms with E-state index in [0.29, 0.717) is 30.9 Å². The van der Waals surface area contributed by atoms with E-state index in [4.69, 9.17) is 9.26 Å². The fourth-order valence-corrected chi connectivity index (χ4v) is 3.85. The van der Waals surface area contributed by atoms with Gasteiger partial charge in [-0.1, -0.05) is 0 Å².